The Balaban J connectivity index is 2.30. The van der Waals surface area contributed by atoms with Crippen molar-refractivity contribution in [2.75, 3.05) is 33.7 Å². The van der Waals surface area contributed by atoms with Crippen molar-refractivity contribution in [1.82, 2.24) is 20.5 Å². The van der Waals surface area contributed by atoms with Gasteiger partial charge >= 0.3 is 6.09 Å². The summed E-state index contributed by atoms with van der Waals surface area (Å²) >= 11 is 1.67. The highest BCUT2D eigenvalue weighted by Crippen LogP contribution is 2.10. The zero-order valence-corrected chi connectivity index (χ0v) is 17.9. The molecule has 1 aromatic heterocycles. The summed E-state index contributed by atoms with van der Waals surface area (Å²) in [5.74, 6) is 1.01. The van der Waals surface area contributed by atoms with Gasteiger partial charge in [-0.2, -0.15) is 0 Å². The summed E-state index contributed by atoms with van der Waals surface area (Å²) in [5.41, 5.74) is 0.622. The van der Waals surface area contributed by atoms with Crippen molar-refractivity contribution >= 4 is 23.4 Å². The number of hydrogen-bond donors (Lipinski definition) is 2. The minimum absolute atomic E-state index is 0.257. The number of thiazole rings is 1. The smallest absolute Gasteiger partial charge is 0.410 e. The first-order chi connectivity index (χ1) is 12.1. The van der Waals surface area contributed by atoms with Gasteiger partial charge in [-0.25, -0.2) is 9.78 Å². The van der Waals surface area contributed by atoms with Crippen molar-refractivity contribution in [2.24, 2.45) is 10.9 Å². The normalized spacial score (nSPS) is 13.3. The number of hydrogen-bond acceptors (Lipinski definition) is 5. The third kappa shape index (κ3) is 9.03. The zero-order valence-electron chi connectivity index (χ0n) is 17.0. The molecule has 1 rings (SSSR count). The minimum Gasteiger partial charge on any atom is -0.444 e. The molecule has 8 heteroatoms. The van der Waals surface area contributed by atoms with Gasteiger partial charge in [0.25, 0.3) is 0 Å². The minimum atomic E-state index is -0.478. The van der Waals surface area contributed by atoms with Crippen LogP contribution in [-0.2, 0) is 11.2 Å². The van der Waals surface area contributed by atoms with Crippen LogP contribution in [0.1, 0.15) is 38.4 Å². The topological polar surface area (TPSA) is 78.9 Å². The molecule has 0 aliphatic carbocycles. The van der Waals surface area contributed by atoms with Crippen LogP contribution in [0.25, 0.3) is 0 Å². The highest BCUT2D eigenvalue weighted by Gasteiger charge is 2.20. The molecule has 0 fully saturated rings. The number of carbonyl (C=O) groups excluding carboxylic acids is 1. The van der Waals surface area contributed by atoms with Crippen LogP contribution in [0.2, 0.25) is 0 Å². The second kappa shape index (κ2) is 10.4. The summed E-state index contributed by atoms with van der Waals surface area (Å²) in [7, 11) is 3.51. The van der Waals surface area contributed by atoms with Crippen molar-refractivity contribution in [3.63, 3.8) is 0 Å². The fraction of sp³-hybridized carbons (Fsp3) is 0.722. The molecule has 148 valence electrons. The number of amides is 1. The lowest BCUT2D eigenvalue weighted by molar-refractivity contribution is 0.0278. The Morgan fingerprint density at radius 3 is 2.65 bits per heavy atom. The maximum atomic E-state index is 12.0. The predicted octanol–water partition coefficient (Wildman–Crippen LogP) is 2.66. The van der Waals surface area contributed by atoms with Gasteiger partial charge in [-0.15, -0.1) is 11.3 Å². The quantitative estimate of drug-likeness (QED) is 0.559. The summed E-state index contributed by atoms with van der Waals surface area (Å²) in [6.07, 6.45) is 0.563. The maximum absolute atomic E-state index is 12.0. The van der Waals surface area contributed by atoms with Gasteiger partial charge in [-0.1, -0.05) is 6.92 Å². The molecule has 0 radical (unpaired) electrons. The average Bonchev–Trinajstić information content (AvgIpc) is 2.94. The first-order valence-electron chi connectivity index (χ1n) is 8.90. The molecule has 0 spiro atoms. The fourth-order valence-electron chi connectivity index (χ4n) is 2.27. The van der Waals surface area contributed by atoms with E-state index in [1.54, 1.807) is 30.3 Å². The van der Waals surface area contributed by atoms with E-state index < -0.39 is 5.60 Å². The van der Waals surface area contributed by atoms with Gasteiger partial charge < -0.3 is 20.3 Å². The highest BCUT2D eigenvalue weighted by molar-refractivity contribution is 7.09. The Morgan fingerprint density at radius 1 is 1.42 bits per heavy atom. The van der Waals surface area contributed by atoms with Crippen LogP contribution >= 0.6 is 11.3 Å². The van der Waals surface area contributed by atoms with Crippen LogP contribution in [0, 0.1) is 12.8 Å². The van der Waals surface area contributed by atoms with Gasteiger partial charge in [0.2, 0.25) is 0 Å². The lowest BCUT2D eigenvalue weighted by Gasteiger charge is -2.26. The van der Waals surface area contributed by atoms with E-state index in [4.69, 9.17) is 4.74 Å². The molecule has 26 heavy (non-hydrogen) atoms. The molecule has 0 saturated carbocycles. The molecule has 1 atom stereocenters. The fourth-order valence-corrected chi connectivity index (χ4v) is 2.92. The Labute approximate surface area is 161 Å². The molecule has 1 aromatic rings. The van der Waals surface area contributed by atoms with E-state index in [-0.39, 0.29) is 12.0 Å². The van der Waals surface area contributed by atoms with E-state index in [9.17, 15) is 4.79 Å². The van der Waals surface area contributed by atoms with Gasteiger partial charge in [0, 0.05) is 45.5 Å². The molecule has 1 heterocycles. The predicted molar refractivity (Wildman–Crippen MR) is 108 cm³/mol. The summed E-state index contributed by atoms with van der Waals surface area (Å²) in [6.45, 7) is 11.8. The van der Waals surface area contributed by atoms with Crippen LogP contribution in [-0.4, -0.2) is 61.3 Å². The first kappa shape index (κ1) is 22.2. The third-order valence-corrected chi connectivity index (χ3v) is 4.29. The monoisotopic (exact) mass is 383 g/mol. The van der Waals surface area contributed by atoms with Crippen molar-refractivity contribution in [3.05, 3.63) is 16.1 Å². The number of rotatable bonds is 7. The van der Waals surface area contributed by atoms with Crippen LogP contribution in [0.4, 0.5) is 4.79 Å². The third-order valence-electron chi connectivity index (χ3n) is 3.47. The molecule has 7 nitrogen and oxygen atoms in total. The standard InChI is InChI=1S/C18H33N5O2S/c1-13(11-23(7)17(24)25-18(3,4)5)10-21-16(19-6)20-9-8-15-12-26-14(2)22-15/h12-13H,8-11H2,1-7H3,(H2,19,20,21). The molecular formula is C18H33N5O2S. The van der Waals surface area contributed by atoms with E-state index in [1.807, 2.05) is 27.7 Å². The number of nitrogens with zero attached hydrogens (tertiary/aromatic N) is 3. The van der Waals surface area contributed by atoms with Gasteiger partial charge in [0.15, 0.2) is 5.96 Å². The summed E-state index contributed by atoms with van der Waals surface area (Å²) in [4.78, 5) is 22.3. The lowest BCUT2D eigenvalue weighted by Crippen LogP contribution is -2.43. The van der Waals surface area contributed by atoms with Gasteiger partial charge in [0.1, 0.15) is 5.60 Å². The number of aryl methyl sites for hydroxylation is 1. The molecule has 1 unspecified atom stereocenters. The van der Waals surface area contributed by atoms with Gasteiger partial charge in [-0.05, 0) is 33.6 Å². The van der Waals surface area contributed by atoms with Crippen molar-refractivity contribution < 1.29 is 9.53 Å². The SMILES string of the molecule is CN=C(NCCc1csc(C)n1)NCC(C)CN(C)C(=O)OC(C)(C)C. The van der Waals surface area contributed by atoms with Crippen molar-refractivity contribution in [3.8, 4) is 0 Å². The molecule has 0 saturated heterocycles. The number of guanidine groups is 1. The van der Waals surface area contributed by atoms with Crippen molar-refractivity contribution in [2.45, 2.75) is 46.6 Å². The lowest BCUT2D eigenvalue weighted by atomic mass is 10.1. The van der Waals surface area contributed by atoms with E-state index in [0.717, 1.165) is 29.6 Å². The number of carbonyl (C=O) groups is 1. The molecule has 0 aliphatic heterocycles. The van der Waals surface area contributed by atoms with Gasteiger partial charge in [0.05, 0.1) is 10.7 Å². The van der Waals surface area contributed by atoms with E-state index in [0.29, 0.717) is 13.1 Å². The number of aliphatic imine (C=N–C) groups is 1. The largest absolute Gasteiger partial charge is 0.444 e. The summed E-state index contributed by atoms with van der Waals surface area (Å²) < 4.78 is 5.37. The van der Waals surface area contributed by atoms with E-state index in [2.05, 4.69) is 32.9 Å². The summed E-state index contributed by atoms with van der Waals surface area (Å²) in [5, 5.41) is 9.76. The van der Waals surface area contributed by atoms with Crippen LogP contribution in [0.15, 0.2) is 10.4 Å². The zero-order chi connectivity index (χ0) is 19.7. The second-order valence-electron chi connectivity index (χ2n) is 7.45. The Hall–Kier alpha value is -1.83. The molecule has 0 aliphatic rings. The Bertz CT molecular complexity index is 595. The molecule has 0 aromatic carbocycles. The molecule has 0 bridgehead atoms. The molecular weight excluding hydrogens is 350 g/mol. The van der Waals surface area contributed by atoms with E-state index in [1.165, 1.54) is 0 Å². The second-order valence-corrected chi connectivity index (χ2v) is 8.52. The van der Waals surface area contributed by atoms with Crippen molar-refractivity contribution in [1.29, 1.82) is 0 Å². The number of ether oxygens (including phenoxy) is 1. The van der Waals surface area contributed by atoms with Crippen LogP contribution in [0.3, 0.4) is 0 Å². The van der Waals surface area contributed by atoms with Crippen LogP contribution in [0.5, 0.6) is 0 Å². The van der Waals surface area contributed by atoms with Gasteiger partial charge in [-0.3, -0.25) is 4.99 Å². The van der Waals surface area contributed by atoms with Crippen LogP contribution < -0.4 is 10.6 Å². The maximum Gasteiger partial charge on any atom is 0.410 e. The average molecular weight is 384 g/mol. The summed E-state index contributed by atoms with van der Waals surface area (Å²) in [6, 6.07) is 0. The molecule has 1 amide bonds. The number of nitrogens with one attached hydrogen (secondary N) is 2. The van der Waals surface area contributed by atoms with E-state index >= 15 is 0 Å². The highest BCUT2D eigenvalue weighted by atomic mass is 32.1. The Kier molecular flexibility index (Phi) is 8.84. The number of aromatic nitrogens is 1. The Morgan fingerprint density at radius 2 is 2.12 bits per heavy atom. The molecule has 2 N–H and O–H groups in total. The first-order valence-corrected chi connectivity index (χ1v) is 9.78.